The average molecular weight is 385 g/mol. The van der Waals surface area contributed by atoms with Gasteiger partial charge in [0.1, 0.15) is 6.61 Å². The zero-order valence-electron chi connectivity index (χ0n) is 15.2. The topological polar surface area (TPSA) is 101 Å². The number of ether oxygens (including phenoxy) is 1. The van der Waals surface area contributed by atoms with Crippen LogP contribution >= 0.6 is 0 Å². The standard InChI is InChI=1S/C22H15N3O4/c23-10-14-5-1-2-6-15(14)11-25-12-18(17-7-3-4-8-19(17)25)21(27)22(28)24-16-9-20(26)29-13-16/h1-9,12H,11,13H2,(H,24,28). The van der Waals surface area contributed by atoms with Crippen LogP contribution in [0.15, 0.2) is 66.5 Å². The van der Waals surface area contributed by atoms with E-state index in [2.05, 4.69) is 11.4 Å². The molecule has 1 aliphatic heterocycles. The molecule has 0 saturated carbocycles. The third-order valence-corrected chi connectivity index (χ3v) is 4.65. The third kappa shape index (κ3) is 3.51. The number of hydrogen-bond donors (Lipinski definition) is 1. The van der Waals surface area contributed by atoms with Gasteiger partial charge in [-0.1, -0.05) is 36.4 Å². The van der Waals surface area contributed by atoms with Gasteiger partial charge in [-0.2, -0.15) is 5.26 Å². The Kier molecular flexibility index (Phi) is 4.67. The minimum atomic E-state index is -0.838. The maximum absolute atomic E-state index is 12.8. The molecule has 1 N–H and O–H groups in total. The molecular formula is C22H15N3O4. The van der Waals surface area contributed by atoms with Crippen molar-refractivity contribution >= 4 is 28.6 Å². The molecule has 0 spiro atoms. The van der Waals surface area contributed by atoms with Crippen LogP contribution in [0.3, 0.4) is 0 Å². The van der Waals surface area contributed by atoms with Crippen molar-refractivity contribution in [3.8, 4) is 6.07 Å². The Morgan fingerprint density at radius 1 is 1.14 bits per heavy atom. The van der Waals surface area contributed by atoms with Crippen LogP contribution in [0.4, 0.5) is 0 Å². The fourth-order valence-corrected chi connectivity index (χ4v) is 3.28. The van der Waals surface area contributed by atoms with Gasteiger partial charge in [-0.15, -0.1) is 0 Å². The Labute approximate surface area is 165 Å². The minimum Gasteiger partial charge on any atom is -0.456 e. The van der Waals surface area contributed by atoms with Crippen molar-refractivity contribution in [3.05, 3.63) is 83.2 Å². The molecule has 0 bridgehead atoms. The van der Waals surface area contributed by atoms with Crippen molar-refractivity contribution in [1.29, 1.82) is 5.26 Å². The van der Waals surface area contributed by atoms with Crippen LogP contribution in [0.25, 0.3) is 10.9 Å². The first-order valence-corrected chi connectivity index (χ1v) is 8.85. The molecule has 0 saturated heterocycles. The lowest BCUT2D eigenvalue weighted by Gasteiger charge is -2.07. The zero-order valence-corrected chi connectivity index (χ0v) is 15.2. The van der Waals surface area contributed by atoms with Crippen LogP contribution in [-0.2, 0) is 20.9 Å². The van der Waals surface area contributed by atoms with E-state index in [1.807, 2.05) is 28.8 Å². The van der Waals surface area contributed by atoms with Gasteiger partial charge in [0.25, 0.3) is 11.7 Å². The number of fused-ring (bicyclic) bond motifs is 1. The van der Waals surface area contributed by atoms with E-state index < -0.39 is 17.7 Å². The van der Waals surface area contributed by atoms with Crippen LogP contribution in [-0.4, -0.2) is 28.8 Å². The molecule has 0 unspecified atom stereocenters. The molecule has 0 radical (unpaired) electrons. The van der Waals surface area contributed by atoms with Crippen molar-refractivity contribution in [3.63, 3.8) is 0 Å². The molecule has 0 aliphatic carbocycles. The van der Waals surface area contributed by atoms with E-state index in [4.69, 9.17) is 4.74 Å². The lowest BCUT2D eigenvalue weighted by atomic mass is 10.1. The van der Waals surface area contributed by atoms with E-state index in [1.165, 1.54) is 0 Å². The Hall–Kier alpha value is -4.18. The molecule has 142 valence electrons. The highest BCUT2D eigenvalue weighted by Gasteiger charge is 2.24. The second kappa shape index (κ2) is 7.44. The second-order valence-corrected chi connectivity index (χ2v) is 6.52. The number of Topliss-reactive ketones (excluding diaryl/α,β-unsaturated/α-hetero) is 1. The maximum Gasteiger partial charge on any atom is 0.333 e. The molecule has 4 rings (SSSR count). The summed E-state index contributed by atoms with van der Waals surface area (Å²) in [6.45, 7) is 0.317. The fourth-order valence-electron chi connectivity index (χ4n) is 3.28. The van der Waals surface area contributed by atoms with Gasteiger partial charge in [0.05, 0.1) is 22.9 Å². The fraction of sp³-hybridized carbons (Fsp3) is 0.0909. The highest BCUT2D eigenvalue weighted by atomic mass is 16.5. The molecule has 7 heteroatoms. The van der Waals surface area contributed by atoms with Crippen LogP contribution in [0.5, 0.6) is 0 Å². The molecular weight excluding hydrogens is 370 g/mol. The number of esters is 1. The summed E-state index contributed by atoms with van der Waals surface area (Å²) >= 11 is 0. The first-order chi connectivity index (χ1) is 14.1. The largest absolute Gasteiger partial charge is 0.456 e. The number of cyclic esters (lactones) is 1. The van der Waals surface area contributed by atoms with E-state index in [1.54, 1.807) is 30.5 Å². The molecule has 7 nitrogen and oxygen atoms in total. The third-order valence-electron chi connectivity index (χ3n) is 4.65. The zero-order chi connectivity index (χ0) is 20.4. The summed E-state index contributed by atoms with van der Waals surface area (Å²) in [7, 11) is 0. The minimum absolute atomic E-state index is 0.0649. The summed E-state index contributed by atoms with van der Waals surface area (Å²) in [6, 6.07) is 16.6. The molecule has 0 fully saturated rings. The number of para-hydroxylation sites is 1. The summed E-state index contributed by atoms with van der Waals surface area (Å²) in [5, 5.41) is 12.4. The monoisotopic (exact) mass is 385 g/mol. The maximum atomic E-state index is 12.8. The van der Waals surface area contributed by atoms with Crippen LogP contribution < -0.4 is 5.32 Å². The number of nitrogens with one attached hydrogen (secondary N) is 1. The summed E-state index contributed by atoms with van der Waals surface area (Å²) in [5.41, 5.74) is 2.63. The van der Waals surface area contributed by atoms with E-state index in [-0.39, 0.29) is 17.9 Å². The van der Waals surface area contributed by atoms with E-state index in [9.17, 15) is 19.6 Å². The quantitative estimate of drug-likeness (QED) is 0.413. The van der Waals surface area contributed by atoms with Gasteiger partial charge in [-0.05, 0) is 17.7 Å². The lowest BCUT2D eigenvalue weighted by molar-refractivity contribution is -0.135. The number of amides is 1. The number of carbonyl (C=O) groups is 3. The number of aromatic nitrogens is 1. The molecule has 1 amide bonds. The van der Waals surface area contributed by atoms with Gasteiger partial charge in [0.2, 0.25) is 0 Å². The van der Waals surface area contributed by atoms with E-state index >= 15 is 0 Å². The highest BCUT2D eigenvalue weighted by molar-refractivity contribution is 6.45. The molecule has 2 heterocycles. The Morgan fingerprint density at radius 3 is 2.66 bits per heavy atom. The van der Waals surface area contributed by atoms with Crippen molar-refractivity contribution in [2.75, 3.05) is 6.61 Å². The predicted octanol–water partition coefficient (Wildman–Crippen LogP) is 2.30. The summed E-state index contributed by atoms with van der Waals surface area (Å²) < 4.78 is 6.57. The number of ketones is 1. The Balaban J connectivity index is 1.68. The van der Waals surface area contributed by atoms with Gasteiger partial charge in [-0.25, -0.2) is 4.79 Å². The number of nitriles is 1. The number of hydrogen-bond acceptors (Lipinski definition) is 5. The van der Waals surface area contributed by atoms with Gasteiger partial charge in [0.15, 0.2) is 0 Å². The normalized spacial score (nSPS) is 12.9. The van der Waals surface area contributed by atoms with Crippen molar-refractivity contribution in [2.45, 2.75) is 6.54 Å². The number of benzene rings is 2. The summed E-state index contributed by atoms with van der Waals surface area (Å²) in [4.78, 5) is 36.3. The molecule has 2 aromatic carbocycles. The first kappa shape index (κ1) is 18.2. The predicted molar refractivity (Wildman–Crippen MR) is 104 cm³/mol. The molecule has 1 aliphatic rings. The number of nitrogens with zero attached hydrogens (tertiary/aromatic N) is 2. The van der Waals surface area contributed by atoms with Crippen LogP contribution in [0, 0.1) is 11.3 Å². The first-order valence-electron chi connectivity index (χ1n) is 8.85. The van der Waals surface area contributed by atoms with E-state index in [0.29, 0.717) is 17.5 Å². The molecule has 3 aromatic rings. The summed E-state index contributed by atoms with van der Waals surface area (Å²) in [5.74, 6) is -2.11. The molecule has 0 atom stereocenters. The smallest absolute Gasteiger partial charge is 0.333 e. The highest BCUT2D eigenvalue weighted by Crippen LogP contribution is 2.24. The van der Waals surface area contributed by atoms with Crippen LogP contribution in [0.2, 0.25) is 0 Å². The number of rotatable bonds is 5. The lowest BCUT2D eigenvalue weighted by Crippen LogP contribution is -2.31. The van der Waals surface area contributed by atoms with E-state index in [0.717, 1.165) is 17.2 Å². The Bertz CT molecular complexity index is 1230. The van der Waals surface area contributed by atoms with Gasteiger partial charge >= 0.3 is 5.97 Å². The van der Waals surface area contributed by atoms with Crippen molar-refractivity contribution in [2.24, 2.45) is 0 Å². The average Bonchev–Trinajstić information content (AvgIpc) is 3.31. The number of carbonyl (C=O) groups excluding carboxylic acids is 3. The SMILES string of the molecule is N#Cc1ccccc1Cn1cc(C(=O)C(=O)NC2=CC(=O)OC2)c2ccccc21. The second-order valence-electron chi connectivity index (χ2n) is 6.52. The Morgan fingerprint density at radius 2 is 1.90 bits per heavy atom. The van der Waals surface area contributed by atoms with Gasteiger partial charge in [0, 0.05) is 29.7 Å². The van der Waals surface area contributed by atoms with Gasteiger partial charge in [-0.3, -0.25) is 9.59 Å². The van der Waals surface area contributed by atoms with Gasteiger partial charge < -0.3 is 14.6 Å². The van der Waals surface area contributed by atoms with Crippen LogP contribution in [0.1, 0.15) is 21.5 Å². The molecule has 29 heavy (non-hydrogen) atoms. The summed E-state index contributed by atoms with van der Waals surface area (Å²) in [6.07, 6.45) is 2.76. The molecule has 1 aromatic heterocycles. The van der Waals surface area contributed by atoms with Crippen molar-refractivity contribution < 1.29 is 19.1 Å². The van der Waals surface area contributed by atoms with Crippen molar-refractivity contribution in [1.82, 2.24) is 9.88 Å².